The SMILES string of the molecule is CCc1nn(C)c2c1nc(N)n2C1CCC(=O)NC1=O. The first-order valence-electron chi connectivity index (χ1n) is 6.56. The van der Waals surface area contributed by atoms with Crippen molar-refractivity contribution in [2.45, 2.75) is 32.2 Å². The van der Waals surface area contributed by atoms with Gasteiger partial charge in [-0.25, -0.2) is 4.98 Å². The number of imidazole rings is 1. The normalized spacial score (nSPS) is 19.6. The number of imide groups is 1. The van der Waals surface area contributed by atoms with Gasteiger partial charge in [-0.2, -0.15) is 5.10 Å². The molecule has 1 aliphatic rings. The molecule has 3 N–H and O–H groups in total. The largest absolute Gasteiger partial charge is 0.369 e. The molecule has 3 rings (SSSR count). The number of nitrogens with zero attached hydrogens (tertiary/aromatic N) is 4. The summed E-state index contributed by atoms with van der Waals surface area (Å²) >= 11 is 0. The van der Waals surface area contributed by atoms with Gasteiger partial charge in [0.25, 0.3) is 0 Å². The van der Waals surface area contributed by atoms with E-state index in [0.717, 1.165) is 17.6 Å². The summed E-state index contributed by atoms with van der Waals surface area (Å²) in [7, 11) is 1.80. The number of carbonyl (C=O) groups is 2. The highest BCUT2D eigenvalue weighted by Gasteiger charge is 2.32. The van der Waals surface area contributed by atoms with Crippen molar-refractivity contribution in [1.29, 1.82) is 0 Å². The number of nitrogen functional groups attached to an aromatic ring is 1. The lowest BCUT2D eigenvalue weighted by Gasteiger charge is -2.23. The predicted octanol–water partition coefficient (Wildman–Crippen LogP) is -0.108. The van der Waals surface area contributed by atoms with Crippen LogP contribution in [-0.4, -0.2) is 31.1 Å². The minimum absolute atomic E-state index is 0.250. The number of rotatable bonds is 2. The Morgan fingerprint density at radius 3 is 2.85 bits per heavy atom. The lowest BCUT2D eigenvalue weighted by atomic mass is 10.1. The molecule has 0 aliphatic carbocycles. The Morgan fingerprint density at radius 1 is 1.45 bits per heavy atom. The van der Waals surface area contributed by atoms with Crippen molar-refractivity contribution in [3.8, 4) is 0 Å². The Labute approximate surface area is 114 Å². The van der Waals surface area contributed by atoms with Gasteiger partial charge < -0.3 is 5.73 Å². The second kappa shape index (κ2) is 4.32. The van der Waals surface area contributed by atoms with Crippen molar-refractivity contribution in [3.05, 3.63) is 5.69 Å². The number of anilines is 1. The Morgan fingerprint density at radius 2 is 2.20 bits per heavy atom. The van der Waals surface area contributed by atoms with Crippen molar-refractivity contribution in [2.75, 3.05) is 5.73 Å². The highest BCUT2D eigenvalue weighted by molar-refractivity contribution is 6.00. The first kappa shape index (κ1) is 12.6. The van der Waals surface area contributed by atoms with Gasteiger partial charge in [-0.1, -0.05) is 6.92 Å². The summed E-state index contributed by atoms with van der Waals surface area (Å²) in [6.45, 7) is 1.99. The molecule has 0 bridgehead atoms. The van der Waals surface area contributed by atoms with Crippen molar-refractivity contribution < 1.29 is 9.59 Å². The van der Waals surface area contributed by atoms with Crippen LogP contribution in [0.3, 0.4) is 0 Å². The van der Waals surface area contributed by atoms with E-state index in [9.17, 15) is 9.59 Å². The average Bonchev–Trinajstić information content (AvgIpc) is 2.87. The monoisotopic (exact) mass is 276 g/mol. The maximum Gasteiger partial charge on any atom is 0.249 e. The third-order valence-corrected chi connectivity index (χ3v) is 3.62. The van der Waals surface area contributed by atoms with E-state index in [1.807, 2.05) is 6.92 Å². The molecule has 2 amide bonds. The number of nitrogens with two attached hydrogens (primary N) is 1. The maximum atomic E-state index is 12.0. The molecule has 1 atom stereocenters. The maximum absolute atomic E-state index is 12.0. The molecule has 20 heavy (non-hydrogen) atoms. The Balaban J connectivity index is 2.16. The molecule has 1 saturated heterocycles. The summed E-state index contributed by atoms with van der Waals surface area (Å²) in [5.74, 6) is -0.316. The van der Waals surface area contributed by atoms with Crippen LogP contribution in [0.5, 0.6) is 0 Å². The van der Waals surface area contributed by atoms with Crippen LogP contribution in [0.1, 0.15) is 31.5 Å². The fourth-order valence-electron chi connectivity index (χ4n) is 2.69. The number of hydrogen-bond donors (Lipinski definition) is 2. The van der Waals surface area contributed by atoms with Gasteiger partial charge in [0.1, 0.15) is 11.6 Å². The molecular formula is C12H16N6O2. The molecule has 1 unspecified atom stereocenters. The first-order chi connectivity index (χ1) is 9.52. The van der Waals surface area contributed by atoms with E-state index in [0.29, 0.717) is 18.5 Å². The van der Waals surface area contributed by atoms with Crippen molar-refractivity contribution in [2.24, 2.45) is 7.05 Å². The molecule has 3 heterocycles. The Hall–Kier alpha value is -2.38. The van der Waals surface area contributed by atoms with E-state index in [1.54, 1.807) is 16.3 Å². The molecule has 0 radical (unpaired) electrons. The third-order valence-electron chi connectivity index (χ3n) is 3.62. The molecule has 1 aliphatic heterocycles. The van der Waals surface area contributed by atoms with E-state index >= 15 is 0 Å². The molecule has 8 heteroatoms. The van der Waals surface area contributed by atoms with Crippen molar-refractivity contribution in [1.82, 2.24) is 24.6 Å². The van der Waals surface area contributed by atoms with Gasteiger partial charge in [-0.05, 0) is 12.8 Å². The predicted molar refractivity (Wildman–Crippen MR) is 71.7 cm³/mol. The van der Waals surface area contributed by atoms with Crippen LogP contribution in [0.25, 0.3) is 11.2 Å². The molecule has 1 fully saturated rings. The lowest BCUT2D eigenvalue weighted by molar-refractivity contribution is -0.135. The Bertz CT molecular complexity index is 713. The van der Waals surface area contributed by atoms with Crippen LogP contribution >= 0.6 is 0 Å². The van der Waals surface area contributed by atoms with Crippen molar-refractivity contribution >= 4 is 28.9 Å². The highest BCUT2D eigenvalue weighted by atomic mass is 16.2. The van der Waals surface area contributed by atoms with Gasteiger partial charge in [0.2, 0.25) is 17.8 Å². The summed E-state index contributed by atoms with van der Waals surface area (Å²) in [6, 6.07) is -0.516. The number of aromatic nitrogens is 4. The number of aryl methyl sites for hydroxylation is 2. The molecular weight excluding hydrogens is 260 g/mol. The third kappa shape index (κ3) is 1.68. The molecule has 0 spiro atoms. The number of carbonyl (C=O) groups excluding carboxylic acids is 2. The fraction of sp³-hybridized carbons (Fsp3) is 0.500. The number of piperidine rings is 1. The van der Waals surface area contributed by atoms with Gasteiger partial charge >= 0.3 is 0 Å². The lowest BCUT2D eigenvalue weighted by Crippen LogP contribution is -2.42. The molecule has 0 saturated carbocycles. The zero-order valence-corrected chi connectivity index (χ0v) is 11.4. The van der Waals surface area contributed by atoms with Crippen LogP contribution < -0.4 is 11.1 Å². The van der Waals surface area contributed by atoms with Gasteiger partial charge in [0.15, 0.2) is 5.65 Å². The van der Waals surface area contributed by atoms with Gasteiger partial charge in [-0.3, -0.25) is 24.2 Å². The summed E-state index contributed by atoms with van der Waals surface area (Å²) in [4.78, 5) is 27.6. The van der Waals surface area contributed by atoms with E-state index < -0.39 is 6.04 Å². The zero-order chi connectivity index (χ0) is 14.4. The van der Waals surface area contributed by atoms with Crippen LogP contribution in [-0.2, 0) is 23.1 Å². The van der Waals surface area contributed by atoms with E-state index in [2.05, 4.69) is 15.4 Å². The van der Waals surface area contributed by atoms with E-state index in [1.165, 1.54) is 0 Å². The van der Waals surface area contributed by atoms with Crippen molar-refractivity contribution in [3.63, 3.8) is 0 Å². The zero-order valence-electron chi connectivity index (χ0n) is 11.4. The summed E-state index contributed by atoms with van der Waals surface area (Å²) < 4.78 is 3.35. The molecule has 2 aromatic rings. The van der Waals surface area contributed by atoms with E-state index in [-0.39, 0.29) is 17.8 Å². The minimum Gasteiger partial charge on any atom is -0.369 e. The molecule has 0 aromatic carbocycles. The van der Waals surface area contributed by atoms with Gasteiger partial charge in [-0.15, -0.1) is 0 Å². The smallest absolute Gasteiger partial charge is 0.249 e. The van der Waals surface area contributed by atoms with Crippen LogP contribution in [0.2, 0.25) is 0 Å². The van der Waals surface area contributed by atoms with Crippen LogP contribution in [0.15, 0.2) is 0 Å². The number of fused-ring (bicyclic) bond motifs is 1. The number of nitrogens with one attached hydrogen (secondary N) is 1. The Kier molecular flexibility index (Phi) is 2.73. The number of hydrogen-bond acceptors (Lipinski definition) is 5. The molecule has 106 valence electrons. The van der Waals surface area contributed by atoms with Gasteiger partial charge in [0.05, 0.1) is 5.69 Å². The topological polar surface area (TPSA) is 108 Å². The summed E-state index contributed by atoms with van der Waals surface area (Å²) in [6.07, 6.45) is 1.46. The number of amides is 2. The summed E-state index contributed by atoms with van der Waals surface area (Å²) in [5.41, 5.74) is 8.25. The molecule has 2 aromatic heterocycles. The summed E-state index contributed by atoms with van der Waals surface area (Å²) in [5, 5.41) is 6.72. The second-order valence-electron chi connectivity index (χ2n) is 4.90. The first-order valence-corrected chi connectivity index (χ1v) is 6.56. The average molecular weight is 276 g/mol. The molecule has 8 nitrogen and oxygen atoms in total. The van der Waals surface area contributed by atoms with Crippen LogP contribution in [0, 0.1) is 0 Å². The van der Waals surface area contributed by atoms with E-state index in [4.69, 9.17) is 5.73 Å². The minimum atomic E-state index is -0.516. The van der Waals surface area contributed by atoms with Gasteiger partial charge in [0, 0.05) is 13.5 Å². The fourth-order valence-corrected chi connectivity index (χ4v) is 2.69. The second-order valence-corrected chi connectivity index (χ2v) is 4.90. The quantitative estimate of drug-likeness (QED) is 0.744. The standard InChI is InChI=1S/C12H16N6O2/c1-3-6-9-11(17(2)16-6)18(12(13)15-9)7-4-5-8(19)14-10(7)20/h7H,3-5H2,1-2H3,(H2,13,15)(H,14,19,20). The highest BCUT2D eigenvalue weighted by Crippen LogP contribution is 2.29. The van der Waals surface area contributed by atoms with Crippen LogP contribution in [0.4, 0.5) is 5.95 Å².